The summed E-state index contributed by atoms with van der Waals surface area (Å²) in [6.07, 6.45) is -2.21. The number of amides is 2. The molecule has 0 bridgehead atoms. The number of methoxy groups -OCH3 is 1. The van der Waals surface area contributed by atoms with Crippen molar-refractivity contribution < 1.29 is 36.7 Å². The Morgan fingerprint density at radius 1 is 1.06 bits per heavy atom. The summed E-state index contributed by atoms with van der Waals surface area (Å²) in [7, 11) is 1.57. The fourth-order valence-electron chi connectivity index (χ4n) is 5.13. The lowest BCUT2D eigenvalue weighted by Gasteiger charge is -2.27. The molecular formula is C35H34F3N5O5. The van der Waals surface area contributed by atoms with E-state index in [1.54, 1.807) is 40.0 Å². The van der Waals surface area contributed by atoms with E-state index in [1.807, 2.05) is 42.5 Å². The molecule has 0 unspecified atom stereocenters. The molecule has 48 heavy (non-hydrogen) atoms. The van der Waals surface area contributed by atoms with E-state index in [-0.39, 0.29) is 29.6 Å². The lowest BCUT2D eigenvalue weighted by atomic mass is 9.96. The van der Waals surface area contributed by atoms with Gasteiger partial charge in [0, 0.05) is 12.0 Å². The predicted octanol–water partition coefficient (Wildman–Crippen LogP) is 7.27. The number of hydrogen-bond donors (Lipinski definition) is 1. The predicted molar refractivity (Wildman–Crippen MR) is 170 cm³/mol. The van der Waals surface area contributed by atoms with Crippen LogP contribution in [0.5, 0.6) is 5.75 Å². The molecular weight excluding hydrogens is 627 g/mol. The van der Waals surface area contributed by atoms with Gasteiger partial charge >= 0.3 is 6.09 Å². The van der Waals surface area contributed by atoms with Crippen molar-refractivity contribution >= 4 is 17.7 Å². The van der Waals surface area contributed by atoms with Crippen molar-refractivity contribution in [2.24, 2.45) is 0 Å². The number of rotatable bonds is 7. The van der Waals surface area contributed by atoms with E-state index in [4.69, 9.17) is 13.9 Å². The number of nitrogens with one attached hydrogen (secondary N) is 1. The summed E-state index contributed by atoms with van der Waals surface area (Å²) in [6.45, 7) is 7.63. The Kier molecular flexibility index (Phi) is 8.97. The Bertz CT molecular complexity index is 1880. The second kappa shape index (κ2) is 12.7. The summed E-state index contributed by atoms with van der Waals surface area (Å²) in [4.78, 5) is 27.8. The summed E-state index contributed by atoms with van der Waals surface area (Å²) in [5.74, 6) is -5.51. The maximum atomic E-state index is 16.0. The molecule has 0 spiro atoms. The Hall–Kier alpha value is -5.38. The van der Waals surface area contributed by atoms with E-state index < -0.39 is 52.8 Å². The second-order valence-electron chi connectivity index (χ2n) is 13.0. The molecule has 1 N–H and O–H groups in total. The van der Waals surface area contributed by atoms with Gasteiger partial charge < -0.3 is 24.1 Å². The molecule has 1 aliphatic heterocycles. The molecule has 2 heterocycles. The van der Waals surface area contributed by atoms with Crippen LogP contribution in [0.25, 0.3) is 22.6 Å². The number of nitrogens with zero attached hydrogens (tertiary/aromatic N) is 4. The third-order valence-electron chi connectivity index (χ3n) is 7.67. The van der Waals surface area contributed by atoms with Gasteiger partial charge in [0.05, 0.1) is 31.0 Å². The van der Waals surface area contributed by atoms with Gasteiger partial charge in [-0.3, -0.25) is 4.79 Å². The summed E-state index contributed by atoms with van der Waals surface area (Å²) in [5, 5.41) is 19.5. The molecule has 0 saturated carbocycles. The molecule has 1 aliphatic rings. The maximum absolute atomic E-state index is 16.0. The first-order valence-electron chi connectivity index (χ1n) is 15.0. The number of carbonyl (C=O) groups is 2. The highest BCUT2D eigenvalue weighted by Crippen LogP contribution is 2.45. The number of nitriles is 1. The van der Waals surface area contributed by atoms with Crippen LogP contribution in [-0.4, -0.2) is 41.0 Å². The number of benzene rings is 3. The molecule has 0 saturated heterocycles. The Morgan fingerprint density at radius 2 is 1.69 bits per heavy atom. The van der Waals surface area contributed by atoms with Crippen molar-refractivity contribution in [3.8, 4) is 34.4 Å². The molecule has 0 aliphatic carbocycles. The average Bonchev–Trinajstić information content (AvgIpc) is 3.51. The standard InChI is InChI=1S/C35H34F3N5O5/c1-33(2,3)48-32(45)40-27-17-35(37,38)25-16-26(36)24(29-41-42-31(47-29)34(4,5)19-39)15-28(25)43(30(27)44)18-20-7-9-21(10-8-20)22-11-13-23(46-6)14-12-22/h7-16,27H,17-18H2,1-6H3,(H,40,45)/t27-/m1/s1. The number of alkyl carbamates (subject to hydrolysis) is 1. The number of aromatic nitrogens is 2. The first kappa shape index (κ1) is 34.0. The lowest BCUT2D eigenvalue weighted by Crippen LogP contribution is -2.49. The van der Waals surface area contributed by atoms with Gasteiger partial charge in [-0.15, -0.1) is 10.2 Å². The first-order valence-corrected chi connectivity index (χ1v) is 15.0. The molecule has 1 aromatic heterocycles. The van der Waals surface area contributed by atoms with Crippen LogP contribution in [0.2, 0.25) is 0 Å². The van der Waals surface area contributed by atoms with Crippen molar-refractivity contribution in [1.29, 1.82) is 5.26 Å². The molecule has 0 radical (unpaired) electrons. The third-order valence-corrected chi connectivity index (χ3v) is 7.67. The number of fused-ring (bicyclic) bond motifs is 1. The van der Waals surface area contributed by atoms with Crippen LogP contribution < -0.4 is 15.0 Å². The quantitative estimate of drug-likeness (QED) is 0.219. The zero-order valence-corrected chi connectivity index (χ0v) is 27.2. The van der Waals surface area contributed by atoms with Crippen LogP contribution in [0.3, 0.4) is 0 Å². The molecule has 3 aromatic carbocycles. The Labute approximate surface area is 275 Å². The normalized spacial score (nSPS) is 16.0. The van der Waals surface area contributed by atoms with Crippen molar-refractivity contribution in [3.05, 3.63) is 83.5 Å². The number of alkyl halides is 2. The number of hydrogen-bond acceptors (Lipinski definition) is 8. The van der Waals surface area contributed by atoms with Gasteiger partial charge in [-0.2, -0.15) is 5.26 Å². The second-order valence-corrected chi connectivity index (χ2v) is 13.0. The zero-order valence-electron chi connectivity index (χ0n) is 27.2. The number of halogens is 3. The number of ether oxygens (including phenoxy) is 2. The van der Waals surface area contributed by atoms with Crippen LogP contribution in [-0.2, 0) is 27.4 Å². The smallest absolute Gasteiger partial charge is 0.408 e. The van der Waals surface area contributed by atoms with Gasteiger partial charge in [-0.05, 0) is 75.6 Å². The minimum atomic E-state index is -3.76. The monoisotopic (exact) mass is 661 g/mol. The summed E-state index contributed by atoms with van der Waals surface area (Å²) < 4.78 is 63.6. The molecule has 0 fully saturated rings. The Balaban J connectivity index is 1.58. The number of anilines is 1. The van der Waals surface area contributed by atoms with Gasteiger partial charge in [0.25, 0.3) is 11.8 Å². The fourth-order valence-corrected chi connectivity index (χ4v) is 5.13. The molecule has 10 nitrogen and oxygen atoms in total. The zero-order chi connectivity index (χ0) is 35.0. The van der Waals surface area contributed by atoms with Crippen LogP contribution in [0.4, 0.5) is 23.7 Å². The van der Waals surface area contributed by atoms with Gasteiger partial charge in [0.2, 0.25) is 11.8 Å². The van der Waals surface area contributed by atoms with Crippen LogP contribution in [0, 0.1) is 17.1 Å². The van der Waals surface area contributed by atoms with E-state index in [1.165, 1.54) is 13.8 Å². The highest BCUT2D eigenvalue weighted by Gasteiger charge is 2.47. The lowest BCUT2D eigenvalue weighted by molar-refractivity contribution is -0.123. The minimum Gasteiger partial charge on any atom is -0.497 e. The Morgan fingerprint density at radius 3 is 2.27 bits per heavy atom. The van der Waals surface area contributed by atoms with Crippen molar-refractivity contribution in [3.63, 3.8) is 0 Å². The van der Waals surface area contributed by atoms with Gasteiger partial charge in [-0.25, -0.2) is 18.0 Å². The van der Waals surface area contributed by atoms with Crippen molar-refractivity contribution in [2.45, 2.75) is 70.6 Å². The van der Waals surface area contributed by atoms with Crippen molar-refractivity contribution in [2.75, 3.05) is 12.0 Å². The van der Waals surface area contributed by atoms with Gasteiger partial charge in [-0.1, -0.05) is 36.4 Å². The topological polar surface area (TPSA) is 131 Å². The van der Waals surface area contributed by atoms with Crippen LogP contribution in [0.15, 0.2) is 65.1 Å². The number of carbonyl (C=O) groups excluding carboxylic acids is 2. The van der Waals surface area contributed by atoms with Crippen LogP contribution in [0.1, 0.15) is 58.1 Å². The van der Waals surface area contributed by atoms with Gasteiger partial charge in [0.1, 0.15) is 28.6 Å². The first-order chi connectivity index (χ1) is 22.5. The highest BCUT2D eigenvalue weighted by atomic mass is 19.3. The van der Waals surface area contributed by atoms with E-state index in [0.717, 1.165) is 22.1 Å². The largest absolute Gasteiger partial charge is 0.497 e. The summed E-state index contributed by atoms with van der Waals surface area (Å²) in [5.41, 5.74) is -1.27. The van der Waals surface area contributed by atoms with Crippen LogP contribution >= 0.6 is 0 Å². The minimum absolute atomic E-state index is 0.105. The van der Waals surface area contributed by atoms with E-state index in [9.17, 15) is 14.9 Å². The SMILES string of the molecule is COc1ccc(-c2ccc(CN3C(=O)[C@H](NC(=O)OC(C)(C)C)CC(F)(F)c4cc(F)c(-c5nnc(C(C)(C)C#N)o5)cc43)cc2)cc1. The highest BCUT2D eigenvalue weighted by molar-refractivity contribution is 6.01. The van der Waals surface area contributed by atoms with E-state index >= 15 is 13.2 Å². The molecule has 2 amide bonds. The third kappa shape index (κ3) is 7.12. The molecule has 5 rings (SSSR count). The average molecular weight is 662 g/mol. The molecule has 250 valence electrons. The maximum Gasteiger partial charge on any atom is 0.408 e. The molecule has 13 heteroatoms. The van der Waals surface area contributed by atoms with Gasteiger partial charge in [0.15, 0.2) is 0 Å². The molecule has 1 atom stereocenters. The van der Waals surface area contributed by atoms with E-state index in [2.05, 4.69) is 15.5 Å². The van der Waals surface area contributed by atoms with Crippen molar-refractivity contribution in [1.82, 2.24) is 15.5 Å². The summed E-state index contributed by atoms with van der Waals surface area (Å²) >= 11 is 0. The summed E-state index contributed by atoms with van der Waals surface area (Å²) in [6, 6.07) is 16.5. The fraction of sp³-hybridized carbons (Fsp3) is 0.343. The molecule has 4 aromatic rings. The van der Waals surface area contributed by atoms with E-state index in [0.29, 0.717) is 17.4 Å².